The number of hydrogen-bond donors (Lipinski definition) is 0. The molecule has 132 valence electrons. The molecule has 0 amide bonds. The molecule has 1 aromatic carbocycles. The third kappa shape index (κ3) is 5.38. The Morgan fingerprint density at radius 3 is 2.84 bits per heavy atom. The molecule has 0 spiro atoms. The number of fused-ring (bicyclic) bond motifs is 1. The Kier molecular flexibility index (Phi) is 6.63. The van der Waals surface area contributed by atoms with E-state index in [4.69, 9.17) is 14.2 Å². The molecular weight excluding hydrogens is 316 g/mol. The summed E-state index contributed by atoms with van der Waals surface area (Å²) in [6.45, 7) is 6.60. The maximum Gasteiger partial charge on any atom is 0.330 e. The zero-order chi connectivity index (χ0) is 18.2. The highest BCUT2D eigenvalue weighted by Gasteiger charge is 2.13. The highest BCUT2D eigenvalue weighted by Crippen LogP contribution is 2.31. The summed E-state index contributed by atoms with van der Waals surface area (Å²) in [5, 5.41) is 0. The normalized spacial score (nSPS) is 14.6. The number of allylic oxidation sites excluding steroid dienone is 4. The van der Waals surface area contributed by atoms with Crippen LogP contribution >= 0.6 is 0 Å². The van der Waals surface area contributed by atoms with Gasteiger partial charge < -0.3 is 14.2 Å². The van der Waals surface area contributed by atoms with E-state index < -0.39 is 0 Å². The largest absolute Gasteiger partial charge is 0.497 e. The van der Waals surface area contributed by atoms with Crippen LogP contribution in [0.4, 0.5) is 0 Å². The highest BCUT2D eigenvalue weighted by molar-refractivity contribution is 5.83. The summed E-state index contributed by atoms with van der Waals surface area (Å²) >= 11 is 0. The van der Waals surface area contributed by atoms with Gasteiger partial charge in [-0.25, -0.2) is 4.79 Å². The van der Waals surface area contributed by atoms with Gasteiger partial charge in [-0.2, -0.15) is 0 Å². The topological polar surface area (TPSA) is 44.8 Å². The van der Waals surface area contributed by atoms with Gasteiger partial charge >= 0.3 is 5.97 Å². The Hall–Kier alpha value is -2.75. The maximum absolute atomic E-state index is 11.4. The van der Waals surface area contributed by atoms with Gasteiger partial charge in [0.2, 0.25) is 0 Å². The lowest BCUT2D eigenvalue weighted by molar-refractivity contribution is -0.137. The van der Waals surface area contributed by atoms with Crippen molar-refractivity contribution < 1.29 is 19.0 Å². The Balaban J connectivity index is 2.10. The van der Waals surface area contributed by atoms with E-state index in [9.17, 15) is 4.79 Å². The molecule has 0 saturated carbocycles. The lowest BCUT2D eigenvalue weighted by Crippen LogP contribution is -2.08. The van der Waals surface area contributed by atoms with Crippen molar-refractivity contribution in [1.82, 2.24) is 0 Å². The molecule has 25 heavy (non-hydrogen) atoms. The summed E-state index contributed by atoms with van der Waals surface area (Å²) in [4.78, 5) is 11.4. The van der Waals surface area contributed by atoms with Crippen molar-refractivity contribution in [1.29, 1.82) is 0 Å². The number of methoxy groups -OCH3 is 1. The van der Waals surface area contributed by atoms with E-state index in [0.717, 1.165) is 33.8 Å². The first kappa shape index (κ1) is 18.6. The Morgan fingerprint density at radius 2 is 2.12 bits per heavy atom. The van der Waals surface area contributed by atoms with Gasteiger partial charge in [0.05, 0.1) is 13.7 Å². The van der Waals surface area contributed by atoms with E-state index >= 15 is 0 Å². The number of esters is 1. The summed E-state index contributed by atoms with van der Waals surface area (Å²) in [7, 11) is 1.65. The van der Waals surface area contributed by atoms with Crippen LogP contribution in [-0.4, -0.2) is 26.3 Å². The Bertz CT molecular complexity index is 751. The van der Waals surface area contributed by atoms with Crippen molar-refractivity contribution in [2.75, 3.05) is 20.3 Å². The molecule has 1 heterocycles. The standard InChI is InChI=1S/C21H24O4/c1-5-24-21(22)11-15(2)7-6-8-16(3)18-12-17-13-19(23-4)9-10-20(17)25-14-18/h6-13H,5,14H2,1-4H3/b7-6+,15-11+,16-8+. The average Bonchev–Trinajstić information content (AvgIpc) is 2.60. The van der Waals surface area contributed by atoms with Crippen molar-refractivity contribution in [3.05, 3.63) is 64.8 Å². The molecule has 4 heteroatoms. The van der Waals surface area contributed by atoms with E-state index in [1.807, 2.05) is 50.3 Å². The second kappa shape index (κ2) is 8.92. The third-order valence-corrected chi connectivity index (χ3v) is 3.77. The molecule has 0 bridgehead atoms. The maximum atomic E-state index is 11.4. The van der Waals surface area contributed by atoms with Crippen LogP contribution in [0.1, 0.15) is 26.3 Å². The number of carbonyl (C=O) groups excluding carboxylic acids is 1. The minimum Gasteiger partial charge on any atom is -0.497 e. The molecule has 0 radical (unpaired) electrons. The molecule has 0 fully saturated rings. The van der Waals surface area contributed by atoms with Gasteiger partial charge in [0.1, 0.15) is 18.1 Å². The van der Waals surface area contributed by atoms with Gasteiger partial charge in [0.15, 0.2) is 0 Å². The van der Waals surface area contributed by atoms with Crippen molar-refractivity contribution in [3.63, 3.8) is 0 Å². The van der Waals surface area contributed by atoms with Gasteiger partial charge in [0, 0.05) is 11.6 Å². The zero-order valence-corrected chi connectivity index (χ0v) is 15.2. The molecule has 1 aromatic rings. The number of ether oxygens (including phenoxy) is 3. The lowest BCUT2D eigenvalue weighted by atomic mass is 10.0. The molecule has 0 aliphatic carbocycles. The van der Waals surface area contributed by atoms with Gasteiger partial charge in [0.25, 0.3) is 0 Å². The van der Waals surface area contributed by atoms with E-state index in [0.29, 0.717) is 13.2 Å². The molecule has 0 unspecified atom stereocenters. The second-order valence-corrected chi connectivity index (χ2v) is 5.71. The van der Waals surface area contributed by atoms with Crippen molar-refractivity contribution in [2.45, 2.75) is 20.8 Å². The van der Waals surface area contributed by atoms with Crippen LogP contribution in [0.5, 0.6) is 11.5 Å². The third-order valence-electron chi connectivity index (χ3n) is 3.77. The first-order valence-corrected chi connectivity index (χ1v) is 8.25. The molecule has 4 nitrogen and oxygen atoms in total. The van der Waals surface area contributed by atoms with E-state index in [-0.39, 0.29) is 5.97 Å². The lowest BCUT2D eigenvalue weighted by Gasteiger charge is -2.19. The molecule has 1 aliphatic heterocycles. The number of benzene rings is 1. The fourth-order valence-corrected chi connectivity index (χ4v) is 2.38. The monoisotopic (exact) mass is 340 g/mol. The zero-order valence-electron chi connectivity index (χ0n) is 15.2. The molecule has 0 atom stereocenters. The fraction of sp³-hybridized carbons (Fsp3) is 0.286. The molecule has 2 rings (SSSR count). The predicted octanol–water partition coefficient (Wildman–Crippen LogP) is 4.48. The van der Waals surface area contributed by atoms with Gasteiger partial charge in [-0.15, -0.1) is 0 Å². The number of hydrogen-bond acceptors (Lipinski definition) is 4. The van der Waals surface area contributed by atoms with Crippen LogP contribution in [-0.2, 0) is 9.53 Å². The van der Waals surface area contributed by atoms with Gasteiger partial charge in [-0.1, -0.05) is 18.2 Å². The fourth-order valence-electron chi connectivity index (χ4n) is 2.38. The van der Waals surface area contributed by atoms with Crippen LogP contribution in [0.25, 0.3) is 6.08 Å². The van der Waals surface area contributed by atoms with E-state index in [1.165, 1.54) is 6.08 Å². The molecule has 1 aliphatic rings. The summed E-state index contributed by atoms with van der Waals surface area (Å²) < 4.78 is 16.0. The average molecular weight is 340 g/mol. The van der Waals surface area contributed by atoms with Gasteiger partial charge in [-0.3, -0.25) is 0 Å². The second-order valence-electron chi connectivity index (χ2n) is 5.71. The molecule has 0 aromatic heterocycles. The Morgan fingerprint density at radius 1 is 1.32 bits per heavy atom. The van der Waals surface area contributed by atoms with E-state index in [1.54, 1.807) is 14.0 Å². The predicted molar refractivity (Wildman–Crippen MR) is 99.8 cm³/mol. The smallest absolute Gasteiger partial charge is 0.330 e. The minimum atomic E-state index is -0.320. The van der Waals surface area contributed by atoms with Crippen molar-refractivity contribution in [3.8, 4) is 11.5 Å². The Labute approximate surface area is 149 Å². The molecule has 0 saturated heterocycles. The van der Waals surface area contributed by atoms with Gasteiger partial charge in [-0.05, 0) is 61.8 Å². The quantitative estimate of drug-likeness (QED) is 0.435. The first-order valence-electron chi connectivity index (χ1n) is 8.25. The SMILES string of the molecule is CCOC(=O)/C=C(C)/C=C/C=C(\C)C1=Cc2cc(OC)ccc2OC1. The van der Waals surface area contributed by atoms with Crippen LogP contribution in [0.15, 0.2) is 59.2 Å². The van der Waals surface area contributed by atoms with Crippen LogP contribution in [0, 0.1) is 0 Å². The van der Waals surface area contributed by atoms with Crippen molar-refractivity contribution >= 4 is 12.0 Å². The van der Waals surface area contributed by atoms with Crippen molar-refractivity contribution in [2.24, 2.45) is 0 Å². The molecular formula is C21H24O4. The number of rotatable bonds is 6. The summed E-state index contributed by atoms with van der Waals surface area (Å²) in [5.74, 6) is 1.35. The van der Waals surface area contributed by atoms with Crippen LogP contribution in [0.2, 0.25) is 0 Å². The highest BCUT2D eigenvalue weighted by atomic mass is 16.5. The minimum absolute atomic E-state index is 0.320. The summed E-state index contributed by atoms with van der Waals surface area (Å²) in [5.41, 5.74) is 4.06. The first-order chi connectivity index (χ1) is 12.0. The molecule has 0 N–H and O–H groups in total. The van der Waals surface area contributed by atoms with Crippen LogP contribution in [0.3, 0.4) is 0 Å². The van der Waals surface area contributed by atoms with E-state index in [2.05, 4.69) is 6.08 Å². The number of carbonyl (C=O) groups is 1. The summed E-state index contributed by atoms with van der Waals surface area (Å²) in [6.07, 6.45) is 9.39. The van der Waals surface area contributed by atoms with Crippen LogP contribution < -0.4 is 9.47 Å². The summed E-state index contributed by atoms with van der Waals surface area (Å²) in [6, 6.07) is 5.77.